The zero-order valence-electron chi connectivity index (χ0n) is 18.7. The van der Waals surface area contributed by atoms with Crippen LogP contribution in [0.3, 0.4) is 0 Å². The molecular formula is C24H22ClF3N2O4S. The Hall–Kier alpha value is -2.59. The second-order valence-corrected chi connectivity index (χ2v) is 12.1. The Morgan fingerprint density at radius 2 is 1.74 bits per heavy atom. The molecule has 11 heteroatoms. The Balaban J connectivity index is 1.41. The maximum atomic E-state index is 13.8. The quantitative estimate of drug-likeness (QED) is 0.533. The van der Waals surface area contributed by atoms with E-state index in [9.17, 15) is 26.4 Å². The first kappa shape index (κ1) is 24.1. The van der Waals surface area contributed by atoms with E-state index in [1.54, 1.807) is 0 Å². The number of nitrogens with one attached hydrogen (secondary N) is 1. The minimum absolute atomic E-state index is 0.0172. The summed E-state index contributed by atoms with van der Waals surface area (Å²) in [4.78, 5) is 18.3. The van der Waals surface area contributed by atoms with Crippen LogP contribution in [-0.4, -0.2) is 30.9 Å². The van der Waals surface area contributed by atoms with Crippen LogP contribution >= 0.6 is 11.6 Å². The highest BCUT2D eigenvalue weighted by atomic mass is 35.5. The van der Waals surface area contributed by atoms with Crippen LogP contribution in [0.15, 0.2) is 40.4 Å². The van der Waals surface area contributed by atoms with Crippen molar-refractivity contribution in [3.8, 4) is 0 Å². The molecular weight excluding hydrogens is 505 g/mol. The standard InChI is InChI=1S/C24H22ClF3N2O4S/c1-12-9-24(34-30-12)10-14-2-3-15(11-24)22(14)35(32,33)20-6-13(4-5-17(20)25)23(31)29-16-7-18(26)21(28)19(27)8-16/h4-8,14-15,22H,2-3,9-11H2,1H3,(H,29,31)/t14-,15?,22+,24+/m0/s1. The number of carbonyl (C=O) groups is 1. The summed E-state index contributed by atoms with van der Waals surface area (Å²) in [7, 11) is -3.91. The van der Waals surface area contributed by atoms with Gasteiger partial charge in [0, 0.05) is 29.8 Å². The van der Waals surface area contributed by atoms with Gasteiger partial charge in [0.05, 0.1) is 20.9 Å². The molecule has 6 nitrogen and oxygen atoms in total. The lowest BCUT2D eigenvalue weighted by Crippen LogP contribution is -2.46. The first-order valence-corrected chi connectivity index (χ1v) is 13.1. The molecule has 1 spiro atoms. The number of nitrogens with zero attached hydrogens (tertiary/aromatic N) is 1. The van der Waals surface area contributed by atoms with Crippen LogP contribution in [0.2, 0.25) is 5.02 Å². The lowest BCUT2D eigenvalue weighted by molar-refractivity contribution is -0.0618. The Morgan fingerprint density at radius 3 is 2.31 bits per heavy atom. The SMILES string of the molecule is CC1=NO[C@@]2(C1)CC1CC[C@@H](C2)[C@H]1S(=O)(=O)c1cc(C(=O)Nc2cc(F)c(F)c(F)c2)ccc1Cl. The van der Waals surface area contributed by atoms with Gasteiger partial charge in [0.25, 0.3) is 5.91 Å². The number of hydrogen-bond acceptors (Lipinski definition) is 5. The fraction of sp³-hybridized carbons (Fsp3) is 0.417. The summed E-state index contributed by atoms with van der Waals surface area (Å²) in [5.41, 5.74) is 0.0671. The lowest BCUT2D eigenvalue weighted by atomic mass is 9.75. The molecule has 0 saturated heterocycles. The first-order valence-electron chi connectivity index (χ1n) is 11.2. The number of amides is 1. The lowest BCUT2D eigenvalue weighted by Gasteiger charge is -2.40. The Kier molecular flexibility index (Phi) is 5.87. The van der Waals surface area contributed by atoms with Gasteiger partial charge in [0.2, 0.25) is 0 Å². The highest BCUT2D eigenvalue weighted by Crippen LogP contribution is 2.54. The van der Waals surface area contributed by atoms with Gasteiger partial charge in [-0.15, -0.1) is 0 Å². The van der Waals surface area contributed by atoms with E-state index in [1.165, 1.54) is 18.2 Å². The van der Waals surface area contributed by atoms with Gasteiger partial charge in [-0.1, -0.05) is 16.8 Å². The summed E-state index contributed by atoms with van der Waals surface area (Å²) >= 11 is 6.28. The monoisotopic (exact) mass is 526 g/mol. The molecule has 35 heavy (non-hydrogen) atoms. The summed E-state index contributed by atoms with van der Waals surface area (Å²) < 4.78 is 67.7. The minimum Gasteiger partial charge on any atom is -0.389 e. The molecule has 4 atom stereocenters. The number of fused-ring (bicyclic) bond motifs is 2. The van der Waals surface area contributed by atoms with Crippen molar-refractivity contribution in [3.63, 3.8) is 0 Å². The molecule has 3 aliphatic rings. The predicted molar refractivity (Wildman–Crippen MR) is 124 cm³/mol. The number of benzene rings is 2. The molecule has 1 heterocycles. The Labute approximate surface area is 205 Å². The molecule has 186 valence electrons. The summed E-state index contributed by atoms with van der Waals surface area (Å²) in [5, 5.41) is 5.67. The van der Waals surface area contributed by atoms with Crippen molar-refractivity contribution < 1.29 is 31.2 Å². The second-order valence-electron chi connectivity index (χ2n) is 9.65. The molecule has 1 amide bonds. The maximum Gasteiger partial charge on any atom is 0.255 e. The summed E-state index contributed by atoms with van der Waals surface area (Å²) in [6.07, 6.45) is 3.34. The van der Waals surface area contributed by atoms with E-state index in [4.69, 9.17) is 16.4 Å². The molecule has 2 fully saturated rings. The van der Waals surface area contributed by atoms with Crippen molar-refractivity contribution in [1.82, 2.24) is 0 Å². The van der Waals surface area contributed by atoms with Gasteiger partial charge < -0.3 is 10.2 Å². The molecule has 1 aliphatic heterocycles. The number of rotatable bonds is 4. The molecule has 1 N–H and O–H groups in total. The Bertz CT molecular complexity index is 1330. The highest BCUT2D eigenvalue weighted by molar-refractivity contribution is 7.92. The van der Waals surface area contributed by atoms with E-state index in [1.807, 2.05) is 6.92 Å². The molecule has 2 bridgehead atoms. The third-order valence-corrected chi connectivity index (χ3v) is 10.1. The zero-order valence-corrected chi connectivity index (χ0v) is 20.2. The van der Waals surface area contributed by atoms with Crippen LogP contribution in [-0.2, 0) is 14.7 Å². The smallest absolute Gasteiger partial charge is 0.255 e. The van der Waals surface area contributed by atoms with Crippen LogP contribution in [0, 0.1) is 29.3 Å². The minimum atomic E-state index is -3.91. The van der Waals surface area contributed by atoms with Gasteiger partial charge >= 0.3 is 0 Å². The molecule has 2 aliphatic carbocycles. The third kappa shape index (κ3) is 4.20. The topological polar surface area (TPSA) is 84.8 Å². The molecule has 2 saturated carbocycles. The summed E-state index contributed by atoms with van der Waals surface area (Å²) in [6.45, 7) is 1.89. The number of anilines is 1. The van der Waals surface area contributed by atoms with E-state index < -0.39 is 44.0 Å². The normalized spacial score (nSPS) is 27.6. The van der Waals surface area contributed by atoms with Crippen LogP contribution in [0.25, 0.3) is 0 Å². The number of oxime groups is 1. The molecule has 5 rings (SSSR count). The predicted octanol–water partition coefficient (Wildman–Crippen LogP) is 5.51. The summed E-state index contributed by atoms with van der Waals surface area (Å²) in [6, 6.07) is 5.06. The fourth-order valence-electron chi connectivity index (χ4n) is 5.89. The van der Waals surface area contributed by atoms with Crippen molar-refractivity contribution in [2.24, 2.45) is 17.0 Å². The average molecular weight is 527 g/mol. The van der Waals surface area contributed by atoms with E-state index >= 15 is 0 Å². The largest absolute Gasteiger partial charge is 0.389 e. The van der Waals surface area contributed by atoms with Gasteiger partial charge in [0.15, 0.2) is 27.3 Å². The van der Waals surface area contributed by atoms with Crippen molar-refractivity contribution in [2.75, 3.05) is 5.32 Å². The van der Waals surface area contributed by atoms with E-state index in [0.29, 0.717) is 31.4 Å². The molecule has 2 aromatic carbocycles. The third-order valence-electron chi connectivity index (χ3n) is 7.18. The zero-order chi connectivity index (χ0) is 25.1. The van der Waals surface area contributed by atoms with Crippen molar-refractivity contribution in [1.29, 1.82) is 0 Å². The second kappa shape index (κ2) is 8.51. The fourth-order valence-corrected chi connectivity index (χ4v) is 8.73. The maximum absolute atomic E-state index is 13.8. The van der Waals surface area contributed by atoms with Gasteiger partial charge in [-0.3, -0.25) is 4.79 Å². The molecule has 2 aromatic rings. The van der Waals surface area contributed by atoms with E-state index in [-0.39, 0.29) is 33.0 Å². The Morgan fingerprint density at radius 1 is 1.11 bits per heavy atom. The van der Waals surface area contributed by atoms with Gasteiger partial charge in [-0.2, -0.15) is 0 Å². The first-order chi connectivity index (χ1) is 16.5. The molecule has 0 radical (unpaired) electrons. The van der Waals surface area contributed by atoms with Crippen LogP contribution in [0.4, 0.5) is 18.9 Å². The van der Waals surface area contributed by atoms with Gasteiger partial charge in [-0.25, -0.2) is 21.6 Å². The van der Waals surface area contributed by atoms with E-state index in [0.717, 1.165) is 18.6 Å². The van der Waals surface area contributed by atoms with Gasteiger partial charge in [-0.05, 0) is 62.6 Å². The van der Waals surface area contributed by atoms with E-state index in [2.05, 4.69) is 10.5 Å². The average Bonchev–Trinajstić information content (AvgIpc) is 3.29. The van der Waals surface area contributed by atoms with Crippen molar-refractivity contribution >= 4 is 38.7 Å². The summed E-state index contributed by atoms with van der Waals surface area (Å²) in [5.74, 6) is -5.65. The van der Waals surface area contributed by atoms with Crippen LogP contribution in [0.1, 0.15) is 49.4 Å². The van der Waals surface area contributed by atoms with Gasteiger partial charge in [0.1, 0.15) is 5.60 Å². The van der Waals surface area contributed by atoms with Crippen LogP contribution in [0.5, 0.6) is 0 Å². The number of halogens is 4. The molecule has 1 unspecified atom stereocenters. The number of hydrogen-bond donors (Lipinski definition) is 1. The van der Waals surface area contributed by atoms with Crippen LogP contribution < -0.4 is 5.32 Å². The number of carbonyl (C=O) groups excluding carboxylic acids is 1. The highest BCUT2D eigenvalue weighted by Gasteiger charge is 2.57. The van der Waals surface area contributed by atoms with Crippen molar-refractivity contribution in [2.45, 2.75) is 54.8 Å². The molecule has 0 aromatic heterocycles. The van der Waals surface area contributed by atoms with Crippen molar-refractivity contribution in [3.05, 3.63) is 58.4 Å². The number of sulfone groups is 1.